The molecule has 1 spiro atoms. The molecule has 1 saturated heterocycles. The highest BCUT2D eigenvalue weighted by Crippen LogP contribution is 2.66. The minimum atomic E-state index is -0.453. The maximum Gasteiger partial charge on any atom is 0.306 e. The lowest BCUT2D eigenvalue weighted by Crippen LogP contribution is -2.78. The van der Waals surface area contributed by atoms with Crippen LogP contribution in [0.15, 0.2) is 12.1 Å². The van der Waals surface area contributed by atoms with Crippen LogP contribution >= 0.6 is 0 Å². The van der Waals surface area contributed by atoms with E-state index in [1.807, 2.05) is 33.9 Å². The number of piperidine rings is 1. The molecule has 3 fully saturated rings. The van der Waals surface area contributed by atoms with E-state index < -0.39 is 5.60 Å². The van der Waals surface area contributed by atoms with E-state index in [9.17, 15) is 9.90 Å². The Hall–Kier alpha value is -1.83. The summed E-state index contributed by atoms with van der Waals surface area (Å²) in [5.74, 6) is 1.60. The molecule has 1 aromatic rings. The largest absolute Gasteiger partial charge is 0.504 e. The number of benzene rings is 1. The van der Waals surface area contributed by atoms with Gasteiger partial charge < -0.3 is 24.6 Å². The first kappa shape index (κ1) is 24.5. The van der Waals surface area contributed by atoms with Crippen molar-refractivity contribution in [3.8, 4) is 11.5 Å². The van der Waals surface area contributed by atoms with Gasteiger partial charge in [-0.2, -0.15) is 0 Å². The minimum absolute atomic E-state index is 0.0966. The van der Waals surface area contributed by atoms with Crippen LogP contribution < -0.4 is 10.1 Å². The Kier molecular flexibility index (Phi) is 5.86. The van der Waals surface area contributed by atoms with Gasteiger partial charge in [0.25, 0.3) is 0 Å². The van der Waals surface area contributed by atoms with Crippen molar-refractivity contribution >= 4 is 5.97 Å². The lowest BCUT2D eigenvalue weighted by molar-refractivity contribution is -0.207. The molecule has 198 valence electrons. The number of hydrogen-bond acceptors (Lipinski definition) is 7. The molecule has 2 heterocycles. The zero-order valence-electron chi connectivity index (χ0n) is 22.3. The summed E-state index contributed by atoms with van der Waals surface area (Å²) in [6, 6.07) is 4.40. The summed E-state index contributed by atoms with van der Waals surface area (Å²) in [4.78, 5) is 14.9. The summed E-state index contributed by atoms with van der Waals surface area (Å²) >= 11 is 0. The van der Waals surface area contributed by atoms with Gasteiger partial charge in [0.2, 0.25) is 0 Å². The summed E-state index contributed by atoms with van der Waals surface area (Å²) in [7, 11) is 1.90. The molecule has 2 aliphatic heterocycles. The molecule has 0 aromatic heterocycles. The number of likely N-dealkylation sites (tertiary alicyclic amines) is 1. The summed E-state index contributed by atoms with van der Waals surface area (Å²) < 4.78 is 18.8. The monoisotopic (exact) mass is 498 g/mol. The Morgan fingerprint density at radius 3 is 2.78 bits per heavy atom. The first-order chi connectivity index (χ1) is 17.2. The van der Waals surface area contributed by atoms with E-state index >= 15 is 0 Å². The molecule has 2 bridgehead atoms. The van der Waals surface area contributed by atoms with E-state index in [4.69, 9.17) is 14.2 Å². The fourth-order valence-electron chi connectivity index (χ4n) is 7.99. The summed E-state index contributed by atoms with van der Waals surface area (Å²) in [5.41, 5.74) is 1.48. The summed E-state index contributed by atoms with van der Waals surface area (Å²) in [6.45, 7) is 8.65. The standard InChI is InChI=1S/C29H42N2O5/c1-27(2,3)36-23(33)6-5-14-30-20-11-12-29(34-4)22-16-19-9-10-21(32)25-24(19)28(29,26(20)35-25)13-15-31(22)17-18-7-8-18/h9-10,18,20,22,26,30,32H,5-8,11-17H2,1-4H3/t20-,22+,26-,28-,29+/m0/s1. The molecule has 0 amide bonds. The van der Waals surface area contributed by atoms with E-state index in [-0.39, 0.29) is 34.9 Å². The van der Waals surface area contributed by atoms with Crippen LogP contribution in [-0.4, -0.2) is 72.1 Å². The lowest BCUT2D eigenvalue weighted by Gasteiger charge is -2.65. The Balaban J connectivity index is 1.26. The first-order valence-corrected chi connectivity index (χ1v) is 13.9. The van der Waals surface area contributed by atoms with Crippen LogP contribution in [0.25, 0.3) is 0 Å². The Morgan fingerprint density at radius 1 is 1.25 bits per heavy atom. The molecule has 0 radical (unpaired) electrons. The number of hydrogen-bond donors (Lipinski definition) is 2. The molecule has 0 unspecified atom stereocenters. The SMILES string of the molecule is CO[C@@]12CC[C@H](NCCCC(=O)OC(C)(C)C)[C@@H]3Oc4c(O)ccc5c4[C@@]31CCN(CC1CC1)[C@@H]2C5. The van der Waals surface area contributed by atoms with Gasteiger partial charge in [0, 0.05) is 37.7 Å². The van der Waals surface area contributed by atoms with E-state index in [1.165, 1.54) is 30.5 Å². The Labute approximate surface area is 214 Å². The number of nitrogens with zero attached hydrogens (tertiary/aromatic N) is 1. The Bertz CT molecular complexity index is 1030. The number of carbonyl (C=O) groups is 1. The molecule has 7 heteroatoms. The smallest absolute Gasteiger partial charge is 0.306 e. The molecule has 3 aliphatic carbocycles. The van der Waals surface area contributed by atoms with Gasteiger partial charge in [0.15, 0.2) is 11.5 Å². The van der Waals surface area contributed by atoms with Crippen LogP contribution in [0.2, 0.25) is 0 Å². The zero-order valence-corrected chi connectivity index (χ0v) is 22.3. The maximum absolute atomic E-state index is 12.2. The number of rotatable bonds is 8. The molecule has 7 nitrogen and oxygen atoms in total. The first-order valence-electron chi connectivity index (χ1n) is 13.9. The summed E-state index contributed by atoms with van der Waals surface area (Å²) in [5, 5.41) is 14.6. The number of phenols is 1. The molecule has 1 aromatic carbocycles. The van der Waals surface area contributed by atoms with Crippen LogP contribution in [0.3, 0.4) is 0 Å². The Morgan fingerprint density at radius 2 is 2.06 bits per heavy atom. The molecule has 6 rings (SSSR count). The van der Waals surface area contributed by atoms with Gasteiger partial charge in [-0.3, -0.25) is 9.69 Å². The van der Waals surface area contributed by atoms with Gasteiger partial charge in [-0.15, -0.1) is 0 Å². The predicted molar refractivity (Wildman–Crippen MR) is 136 cm³/mol. The highest BCUT2D eigenvalue weighted by molar-refractivity contribution is 5.69. The van der Waals surface area contributed by atoms with Crippen LogP contribution in [0.4, 0.5) is 0 Å². The average Bonchev–Trinajstić information content (AvgIpc) is 3.56. The molecule has 5 aliphatic rings. The van der Waals surface area contributed by atoms with Crippen LogP contribution in [0, 0.1) is 5.92 Å². The molecule has 36 heavy (non-hydrogen) atoms. The normalized spacial score (nSPS) is 34.7. The number of esters is 1. The van der Waals surface area contributed by atoms with E-state index in [0.29, 0.717) is 18.2 Å². The van der Waals surface area contributed by atoms with Crippen LogP contribution in [-0.2, 0) is 26.1 Å². The predicted octanol–water partition coefficient (Wildman–Crippen LogP) is 3.69. The number of carbonyl (C=O) groups excluding carboxylic acids is 1. The quantitative estimate of drug-likeness (QED) is 0.418. The fourth-order valence-corrected chi connectivity index (χ4v) is 7.99. The molecule has 2 N–H and O–H groups in total. The van der Waals surface area contributed by atoms with Gasteiger partial charge in [-0.25, -0.2) is 0 Å². The number of methoxy groups -OCH3 is 1. The van der Waals surface area contributed by atoms with Gasteiger partial charge in [0.05, 0.1) is 11.0 Å². The van der Waals surface area contributed by atoms with Crippen molar-refractivity contribution in [2.75, 3.05) is 26.7 Å². The number of ether oxygens (including phenoxy) is 3. The maximum atomic E-state index is 12.2. The second-order valence-electron chi connectivity index (χ2n) is 12.7. The third-order valence-corrected chi connectivity index (χ3v) is 9.47. The summed E-state index contributed by atoms with van der Waals surface area (Å²) in [6.07, 6.45) is 7.58. The van der Waals surface area contributed by atoms with Crippen molar-refractivity contribution in [3.05, 3.63) is 23.3 Å². The molecule has 5 atom stereocenters. The van der Waals surface area contributed by atoms with Gasteiger partial charge in [-0.1, -0.05) is 6.07 Å². The second-order valence-corrected chi connectivity index (χ2v) is 12.7. The zero-order chi connectivity index (χ0) is 25.3. The minimum Gasteiger partial charge on any atom is -0.504 e. The molecular weight excluding hydrogens is 456 g/mol. The fraction of sp³-hybridized carbons (Fsp3) is 0.759. The third-order valence-electron chi connectivity index (χ3n) is 9.47. The highest BCUT2D eigenvalue weighted by atomic mass is 16.6. The van der Waals surface area contributed by atoms with Crippen molar-refractivity contribution in [2.45, 2.75) is 107 Å². The van der Waals surface area contributed by atoms with Crippen molar-refractivity contribution in [2.24, 2.45) is 5.92 Å². The van der Waals surface area contributed by atoms with Crippen LogP contribution in [0.1, 0.15) is 76.8 Å². The van der Waals surface area contributed by atoms with Gasteiger partial charge in [-0.05, 0) is 96.4 Å². The number of aromatic hydroxyl groups is 1. The van der Waals surface area contributed by atoms with Crippen molar-refractivity contribution < 1.29 is 24.1 Å². The van der Waals surface area contributed by atoms with Crippen LogP contribution in [0.5, 0.6) is 11.5 Å². The van der Waals surface area contributed by atoms with Gasteiger partial charge >= 0.3 is 5.97 Å². The highest BCUT2D eigenvalue weighted by Gasteiger charge is 2.73. The topological polar surface area (TPSA) is 80.3 Å². The lowest BCUT2D eigenvalue weighted by atomic mass is 9.48. The van der Waals surface area contributed by atoms with Gasteiger partial charge in [0.1, 0.15) is 11.7 Å². The average molecular weight is 499 g/mol. The van der Waals surface area contributed by atoms with E-state index in [2.05, 4.69) is 16.3 Å². The van der Waals surface area contributed by atoms with Crippen molar-refractivity contribution in [1.29, 1.82) is 0 Å². The molecule has 2 saturated carbocycles. The number of nitrogens with one attached hydrogen (secondary N) is 1. The third kappa shape index (κ3) is 3.68. The van der Waals surface area contributed by atoms with Crippen molar-refractivity contribution in [3.63, 3.8) is 0 Å². The van der Waals surface area contributed by atoms with E-state index in [1.54, 1.807) is 0 Å². The van der Waals surface area contributed by atoms with E-state index in [0.717, 1.165) is 51.1 Å². The van der Waals surface area contributed by atoms with Crippen molar-refractivity contribution in [1.82, 2.24) is 10.2 Å². The second kappa shape index (κ2) is 8.60. The molecular formula is C29H42N2O5. The number of phenolic OH excluding ortho intramolecular Hbond substituents is 1.